The van der Waals surface area contributed by atoms with E-state index < -0.39 is 5.97 Å². The number of rotatable bonds is 17. The van der Waals surface area contributed by atoms with Crippen LogP contribution in [0.25, 0.3) is 0 Å². The Bertz CT molecular complexity index is 770. The van der Waals surface area contributed by atoms with Crippen molar-refractivity contribution in [1.29, 1.82) is 0 Å². The van der Waals surface area contributed by atoms with Crippen LogP contribution in [0.4, 0.5) is 0 Å². The van der Waals surface area contributed by atoms with E-state index >= 15 is 0 Å². The highest BCUT2D eigenvalue weighted by Crippen LogP contribution is 2.20. The first-order valence-corrected chi connectivity index (χ1v) is 12.4. The molecule has 0 aliphatic heterocycles. The van der Waals surface area contributed by atoms with Gasteiger partial charge in [0.2, 0.25) is 0 Å². The molecule has 0 saturated carbocycles. The van der Waals surface area contributed by atoms with Crippen molar-refractivity contribution in [2.24, 2.45) is 0 Å². The zero-order valence-corrected chi connectivity index (χ0v) is 20.5. The van der Waals surface area contributed by atoms with Crippen molar-refractivity contribution in [2.45, 2.75) is 78.2 Å². The number of hydrogen-bond donors (Lipinski definition) is 0. The molecule has 0 aromatic heterocycles. The van der Waals surface area contributed by atoms with Crippen molar-refractivity contribution in [3.63, 3.8) is 0 Å². The summed E-state index contributed by atoms with van der Waals surface area (Å²) in [5.74, 6) is 1.56. The summed E-state index contributed by atoms with van der Waals surface area (Å²) in [7, 11) is 0. The Labute approximate surface area is 199 Å². The number of unbranched alkanes of at least 4 members (excludes halogenated alkanes) is 7. The fourth-order valence-corrected chi connectivity index (χ4v) is 3.43. The molecule has 182 valence electrons. The topological polar surface area (TPSA) is 54.0 Å². The predicted octanol–water partition coefficient (Wildman–Crippen LogP) is 7.23. The summed E-state index contributed by atoms with van der Waals surface area (Å²) in [6, 6.07) is 14.1. The normalized spacial score (nSPS) is 11.7. The van der Waals surface area contributed by atoms with Crippen LogP contribution in [-0.4, -0.2) is 31.9 Å². The standard InChI is InChI=1S/C28H40O5/c1-4-6-7-8-9-10-11-12-21-31-25-15-13-24(14-16-25)28(29)33-27-19-17-26(18-20-27)32-22-23(3)30-5-2/h13-20,23H,4-12,21-22H2,1-3H3. The Balaban J connectivity index is 1.67. The van der Waals surface area contributed by atoms with Gasteiger partial charge >= 0.3 is 5.97 Å². The van der Waals surface area contributed by atoms with E-state index in [0.717, 1.165) is 12.2 Å². The number of hydrogen-bond acceptors (Lipinski definition) is 5. The molecule has 2 aromatic carbocycles. The fourth-order valence-electron chi connectivity index (χ4n) is 3.43. The van der Waals surface area contributed by atoms with Crippen LogP contribution in [0.1, 0.15) is 82.5 Å². The quantitative estimate of drug-likeness (QED) is 0.143. The van der Waals surface area contributed by atoms with E-state index in [9.17, 15) is 4.79 Å². The summed E-state index contributed by atoms with van der Waals surface area (Å²) in [5.41, 5.74) is 0.486. The van der Waals surface area contributed by atoms with Gasteiger partial charge in [-0.3, -0.25) is 0 Å². The highest BCUT2D eigenvalue weighted by Gasteiger charge is 2.09. The highest BCUT2D eigenvalue weighted by atomic mass is 16.5. The van der Waals surface area contributed by atoms with E-state index in [2.05, 4.69) is 6.92 Å². The lowest BCUT2D eigenvalue weighted by molar-refractivity contribution is 0.0402. The first kappa shape index (κ1) is 26.7. The molecule has 1 atom stereocenters. The van der Waals surface area contributed by atoms with Gasteiger partial charge in [-0.2, -0.15) is 0 Å². The average molecular weight is 457 g/mol. The lowest BCUT2D eigenvalue weighted by atomic mass is 10.1. The maximum atomic E-state index is 12.4. The van der Waals surface area contributed by atoms with Gasteiger partial charge in [-0.15, -0.1) is 0 Å². The molecular weight excluding hydrogens is 416 g/mol. The van der Waals surface area contributed by atoms with Crippen LogP contribution in [-0.2, 0) is 4.74 Å². The number of ether oxygens (including phenoxy) is 4. The molecule has 0 amide bonds. The number of benzene rings is 2. The molecule has 2 aromatic rings. The third kappa shape index (κ3) is 11.2. The van der Waals surface area contributed by atoms with Crippen LogP contribution < -0.4 is 14.2 Å². The second-order valence-electron chi connectivity index (χ2n) is 8.29. The van der Waals surface area contributed by atoms with Gasteiger partial charge in [0.15, 0.2) is 0 Å². The summed E-state index contributed by atoms with van der Waals surface area (Å²) in [6.07, 6.45) is 10.2. The Kier molecular flexibility index (Phi) is 13.1. The molecular formula is C28H40O5. The van der Waals surface area contributed by atoms with E-state index in [1.807, 2.05) is 26.0 Å². The first-order chi connectivity index (χ1) is 16.1. The van der Waals surface area contributed by atoms with Gasteiger partial charge < -0.3 is 18.9 Å². The van der Waals surface area contributed by atoms with Crippen molar-refractivity contribution in [1.82, 2.24) is 0 Å². The number of esters is 1. The lowest BCUT2D eigenvalue weighted by Gasteiger charge is -2.13. The van der Waals surface area contributed by atoms with Gasteiger partial charge in [0, 0.05) is 6.61 Å². The maximum absolute atomic E-state index is 12.4. The van der Waals surface area contributed by atoms with Gasteiger partial charge in [0.05, 0.1) is 18.3 Å². The minimum atomic E-state index is -0.400. The summed E-state index contributed by atoms with van der Waals surface area (Å²) < 4.78 is 22.4. The Morgan fingerprint density at radius 2 is 1.27 bits per heavy atom. The van der Waals surface area contributed by atoms with E-state index in [0.29, 0.717) is 36.9 Å². The van der Waals surface area contributed by atoms with E-state index in [1.165, 1.54) is 44.9 Å². The van der Waals surface area contributed by atoms with Gasteiger partial charge in [-0.05, 0) is 68.8 Å². The molecule has 5 heteroatoms. The number of carbonyl (C=O) groups excluding carboxylic acids is 1. The molecule has 0 spiro atoms. The second-order valence-corrected chi connectivity index (χ2v) is 8.29. The van der Waals surface area contributed by atoms with Crippen molar-refractivity contribution < 1.29 is 23.7 Å². The summed E-state index contributed by atoms with van der Waals surface area (Å²) in [5, 5.41) is 0. The summed E-state index contributed by atoms with van der Waals surface area (Å²) in [6.45, 7) is 8.00. The van der Waals surface area contributed by atoms with Gasteiger partial charge in [0.25, 0.3) is 0 Å². The fraction of sp³-hybridized carbons (Fsp3) is 0.536. The molecule has 5 nitrogen and oxygen atoms in total. The molecule has 0 aliphatic rings. The SMILES string of the molecule is CCCCCCCCCCOc1ccc(C(=O)Oc2ccc(OCC(C)OCC)cc2)cc1. The van der Waals surface area contributed by atoms with Crippen molar-refractivity contribution >= 4 is 5.97 Å². The first-order valence-electron chi connectivity index (χ1n) is 12.4. The van der Waals surface area contributed by atoms with E-state index in [-0.39, 0.29) is 6.10 Å². The zero-order valence-electron chi connectivity index (χ0n) is 20.5. The Hall–Kier alpha value is -2.53. The van der Waals surface area contributed by atoms with E-state index in [1.54, 1.807) is 36.4 Å². The third-order valence-corrected chi connectivity index (χ3v) is 5.33. The van der Waals surface area contributed by atoms with Gasteiger partial charge in [-0.1, -0.05) is 51.9 Å². The molecule has 33 heavy (non-hydrogen) atoms. The summed E-state index contributed by atoms with van der Waals surface area (Å²) in [4.78, 5) is 12.4. The van der Waals surface area contributed by atoms with Crippen molar-refractivity contribution in [2.75, 3.05) is 19.8 Å². The van der Waals surface area contributed by atoms with Crippen LogP contribution in [0.5, 0.6) is 17.2 Å². The molecule has 0 fully saturated rings. The van der Waals surface area contributed by atoms with Gasteiger partial charge in [0.1, 0.15) is 23.9 Å². The van der Waals surface area contributed by atoms with E-state index in [4.69, 9.17) is 18.9 Å². The molecule has 0 aliphatic carbocycles. The van der Waals surface area contributed by atoms with Crippen LogP contribution in [0, 0.1) is 0 Å². The Morgan fingerprint density at radius 1 is 0.727 bits per heavy atom. The van der Waals surface area contributed by atoms with Crippen LogP contribution in [0.3, 0.4) is 0 Å². The Morgan fingerprint density at radius 3 is 1.91 bits per heavy atom. The molecule has 0 bridgehead atoms. The molecule has 0 heterocycles. The molecule has 0 radical (unpaired) electrons. The van der Waals surface area contributed by atoms with Crippen LogP contribution >= 0.6 is 0 Å². The maximum Gasteiger partial charge on any atom is 0.343 e. The highest BCUT2D eigenvalue weighted by molar-refractivity contribution is 5.91. The zero-order chi connectivity index (χ0) is 23.7. The average Bonchev–Trinajstić information content (AvgIpc) is 2.83. The predicted molar refractivity (Wildman–Crippen MR) is 133 cm³/mol. The van der Waals surface area contributed by atoms with Crippen molar-refractivity contribution in [3.8, 4) is 17.2 Å². The van der Waals surface area contributed by atoms with Crippen molar-refractivity contribution in [3.05, 3.63) is 54.1 Å². The largest absolute Gasteiger partial charge is 0.494 e. The van der Waals surface area contributed by atoms with Gasteiger partial charge in [-0.25, -0.2) is 4.79 Å². The van der Waals surface area contributed by atoms with Crippen LogP contribution in [0.15, 0.2) is 48.5 Å². The second kappa shape index (κ2) is 16.1. The third-order valence-electron chi connectivity index (χ3n) is 5.33. The minimum absolute atomic E-state index is 0.0276. The lowest BCUT2D eigenvalue weighted by Crippen LogP contribution is -2.17. The smallest absolute Gasteiger partial charge is 0.343 e. The molecule has 0 N–H and O–H groups in total. The molecule has 0 saturated heterocycles. The molecule has 1 unspecified atom stereocenters. The van der Waals surface area contributed by atoms with Crippen LogP contribution in [0.2, 0.25) is 0 Å². The monoisotopic (exact) mass is 456 g/mol. The molecule has 2 rings (SSSR count). The summed E-state index contributed by atoms with van der Waals surface area (Å²) >= 11 is 0. The minimum Gasteiger partial charge on any atom is -0.494 e. The number of carbonyl (C=O) groups is 1.